The summed E-state index contributed by atoms with van der Waals surface area (Å²) < 4.78 is 13.4. The third-order valence-electron chi connectivity index (χ3n) is 4.49. The molecule has 0 fully saturated rings. The molecule has 1 atom stereocenters. The summed E-state index contributed by atoms with van der Waals surface area (Å²) in [6.07, 6.45) is 1.16. The standard InChI is InChI=1S/C20H24FNO2/c1-4-15-7-5-6-8-18(15)20(19(23)24,13-14-22(2)3)16-9-11-17(21)12-10-16/h5-12H,4,13-14H2,1-3H3,(H,23,24). The van der Waals surface area contributed by atoms with Crippen LogP contribution in [0, 0.1) is 5.82 Å². The number of rotatable bonds is 7. The topological polar surface area (TPSA) is 40.5 Å². The number of nitrogens with zero attached hydrogens (tertiary/aromatic N) is 1. The third-order valence-corrected chi connectivity index (χ3v) is 4.49. The van der Waals surface area contributed by atoms with E-state index in [1.807, 2.05) is 50.2 Å². The minimum atomic E-state index is -1.19. The fourth-order valence-corrected chi connectivity index (χ4v) is 3.15. The Bertz CT molecular complexity index is 697. The first kappa shape index (κ1) is 18.1. The predicted octanol–water partition coefficient (Wildman–Crippen LogP) is 3.71. The number of hydrogen-bond acceptors (Lipinski definition) is 2. The molecular formula is C20H24FNO2. The monoisotopic (exact) mass is 329 g/mol. The molecule has 2 aromatic carbocycles. The van der Waals surface area contributed by atoms with Crippen molar-refractivity contribution in [1.82, 2.24) is 4.90 Å². The van der Waals surface area contributed by atoms with E-state index < -0.39 is 11.4 Å². The number of aryl methyl sites for hydroxylation is 1. The Morgan fingerprint density at radius 3 is 2.29 bits per heavy atom. The van der Waals surface area contributed by atoms with Crippen LogP contribution in [0.15, 0.2) is 48.5 Å². The van der Waals surface area contributed by atoms with Gasteiger partial charge >= 0.3 is 5.97 Å². The Labute approximate surface area is 142 Å². The molecule has 2 aromatic rings. The van der Waals surface area contributed by atoms with Crippen LogP contribution in [0.1, 0.15) is 30.0 Å². The summed E-state index contributed by atoms with van der Waals surface area (Å²) in [4.78, 5) is 14.4. The molecule has 0 saturated carbocycles. The van der Waals surface area contributed by atoms with E-state index in [9.17, 15) is 14.3 Å². The van der Waals surface area contributed by atoms with Crippen molar-refractivity contribution >= 4 is 5.97 Å². The summed E-state index contributed by atoms with van der Waals surface area (Å²) in [6.45, 7) is 2.63. The fraction of sp³-hybridized carbons (Fsp3) is 0.350. The van der Waals surface area contributed by atoms with Gasteiger partial charge in [0.2, 0.25) is 0 Å². The highest BCUT2D eigenvalue weighted by atomic mass is 19.1. The molecule has 0 aliphatic rings. The zero-order valence-corrected chi connectivity index (χ0v) is 14.4. The lowest BCUT2D eigenvalue weighted by molar-refractivity contribution is -0.142. The van der Waals surface area contributed by atoms with E-state index in [0.717, 1.165) is 17.5 Å². The molecule has 0 aliphatic heterocycles. The summed E-state index contributed by atoms with van der Waals surface area (Å²) in [5, 5.41) is 10.2. The summed E-state index contributed by atoms with van der Waals surface area (Å²) >= 11 is 0. The SMILES string of the molecule is CCc1ccccc1C(CCN(C)C)(C(=O)O)c1ccc(F)cc1. The highest BCUT2D eigenvalue weighted by Gasteiger charge is 2.43. The molecule has 0 saturated heterocycles. The number of halogens is 1. The van der Waals surface area contributed by atoms with Gasteiger partial charge in [-0.25, -0.2) is 4.39 Å². The van der Waals surface area contributed by atoms with Gasteiger partial charge in [0, 0.05) is 0 Å². The quantitative estimate of drug-likeness (QED) is 0.842. The average molecular weight is 329 g/mol. The second-order valence-electron chi connectivity index (χ2n) is 6.28. The van der Waals surface area contributed by atoms with E-state index >= 15 is 0 Å². The van der Waals surface area contributed by atoms with Crippen molar-refractivity contribution in [1.29, 1.82) is 0 Å². The maximum absolute atomic E-state index is 13.4. The maximum Gasteiger partial charge on any atom is 0.318 e. The molecule has 0 aromatic heterocycles. The Balaban J connectivity index is 2.70. The van der Waals surface area contributed by atoms with Gasteiger partial charge in [-0.3, -0.25) is 4.79 Å². The number of hydrogen-bond donors (Lipinski definition) is 1. The minimum Gasteiger partial charge on any atom is -0.480 e. The van der Waals surface area contributed by atoms with Crippen molar-refractivity contribution in [2.45, 2.75) is 25.2 Å². The van der Waals surface area contributed by atoms with Gasteiger partial charge < -0.3 is 10.0 Å². The lowest BCUT2D eigenvalue weighted by atomic mass is 9.70. The second kappa shape index (κ2) is 7.58. The molecule has 2 rings (SSSR count). The number of benzene rings is 2. The van der Waals surface area contributed by atoms with Gasteiger partial charge in [-0.15, -0.1) is 0 Å². The van der Waals surface area contributed by atoms with Gasteiger partial charge in [-0.1, -0.05) is 43.3 Å². The van der Waals surface area contributed by atoms with Crippen LogP contribution in [0.4, 0.5) is 4.39 Å². The third kappa shape index (κ3) is 3.49. The first-order chi connectivity index (χ1) is 11.4. The molecule has 1 unspecified atom stereocenters. The summed E-state index contributed by atoms with van der Waals surface area (Å²) in [6, 6.07) is 13.5. The molecule has 0 bridgehead atoms. The maximum atomic E-state index is 13.4. The van der Waals surface area contributed by atoms with Crippen LogP contribution in [-0.2, 0) is 16.6 Å². The summed E-state index contributed by atoms with van der Waals surface area (Å²) in [5.41, 5.74) is 1.21. The van der Waals surface area contributed by atoms with Crippen molar-refractivity contribution in [3.05, 3.63) is 71.0 Å². The van der Waals surface area contributed by atoms with Crippen LogP contribution in [-0.4, -0.2) is 36.6 Å². The minimum absolute atomic E-state index is 0.366. The van der Waals surface area contributed by atoms with Crippen LogP contribution < -0.4 is 0 Å². The van der Waals surface area contributed by atoms with Crippen LogP contribution in [0.5, 0.6) is 0 Å². The van der Waals surface area contributed by atoms with Crippen LogP contribution in [0.2, 0.25) is 0 Å². The van der Waals surface area contributed by atoms with E-state index in [0.29, 0.717) is 18.5 Å². The van der Waals surface area contributed by atoms with Gasteiger partial charge in [0.1, 0.15) is 11.2 Å². The Kier molecular flexibility index (Phi) is 5.73. The fourth-order valence-electron chi connectivity index (χ4n) is 3.15. The first-order valence-corrected chi connectivity index (χ1v) is 8.14. The predicted molar refractivity (Wildman–Crippen MR) is 93.8 cm³/mol. The molecule has 128 valence electrons. The van der Waals surface area contributed by atoms with Crippen molar-refractivity contribution in [2.24, 2.45) is 0 Å². The molecule has 0 amide bonds. The smallest absolute Gasteiger partial charge is 0.318 e. The first-order valence-electron chi connectivity index (χ1n) is 8.14. The normalized spacial score (nSPS) is 13.7. The Hall–Kier alpha value is -2.20. The van der Waals surface area contributed by atoms with Gasteiger partial charge in [0.15, 0.2) is 0 Å². The van der Waals surface area contributed by atoms with Gasteiger partial charge in [-0.05, 0) is 62.3 Å². The van der Waals surface area contributed by atoms with Crippen molar-refractivity contribution in [2.75, 3.05) is 20.6 Å². The van der Waals surface area contributed by atoms with E-state index in [2.05, 4.69) is 0 Å². The highest BCUT2D eigenvalue weighted by molar-refractivity contribution is 5.86. The number of carbonyl (C=O) groups is 1. The molecule has 0 aliphatic carbocycles. The van der Waals surface area contributed by atoms with E-state index in [1.54, 1.807) is 12.1 Å². The molecule has 0 heterocycles. The molecule has 1 N–H and O–H groups in total. The van der Waals surface area contributed by atoms with Crippen LogP contribution >= 0.6 is 0 Å². The molecule has 0 radical (unpaired) electrons. The van der Waals surface area contributed by atoms with Crippen molar-refractivity contribution in [3.63, 3.8) is 0 Å². The highest BCUT2D eigenvalue weighted by Crippen LogP contribution is 2.38. The van der Waals surface area contributed by atoms with Crippen molar-refractivity contribution < 1.29 is 14.3 Å². The van der Waals surface area contributed by atoms with Gasteiger partial charge in [-0.2, -0.15) is 0 Å². The average Bonchev–Trinajstić information content (AvgIpc) is 2.56. The van der Waals surface area contributed by atoms with E-state index in [-0.39, 0.29) is 5.82 Å². The Morgan fingerprint density at radius 2 is 1.75 bits per heavy atom. The van der Waals surface area contributed by atoms with E-state index in [4.69, 9.17) is 0 Å². The molecule has 4 heteroatoms. The molecule has 3 nitrogen and oxygen atoms in total. The van der Waals surface area contributed by atoms with Crippen LogP contribution in [0.25, 0.3) is 0 Å². The summed E-state index contributed by atoms with van der Waals surface area (Å²) in [7, 11) is 3.84. The summed E-state index contributed by atoms with van der Waals surface area (Å²) in [5.74, 6) is -1.27. The van der Waals surface area contributed by atoms with Crippen molar-refractivity contribution in [3.8, 4) is 0 Å². The lowest BCUT2D eigenvalue weighted by Gasteiger charge is -2.33. The number of carboxylic acids is 1. The zero-order chi connectivity index (χ0) is 17.7. The van der Waals surface area contributed by atoms with Gasteiger partial charge in [0.25, 0.3) is 0 Å². The zero-order valence-electron chi connectivity index (χ0n) is 14.4. The van der Waals surface area contributed by atoms with Crippen LogP contribution in [0.3, 0.4) is 0 Å². The number of aliphatic carboxylic acids is 1. The molecule has 0 spiro atoms. The molecular weight excluding hydrogens is 305 g/mol. The molecule has 24 heavy (non-hydrogen) atoms. The second-order valence-corrected chi connectivity index (χ2v) is 6.28. The largest absolute Gasteiger partial charge is 0.480 e. The van der Waals surface area contributed by atoms with Gasteiger partial charge in [0.05, 0.1) is 0 Å². The number of carboxylic acid groups (broad SMARTS) is 1. The van der Waals surface area contributed by atoms with E-state index in [1.165, 1.54) is 12.1 Å². The Morgan fingerprint density at radius 1 is 1.12 bits per heavy atom. The lowest BCUT2D eigenvalue weighted by Crippen LogP contribution is -2.40.